The summed E-state index contributed by atoms with van der Waals surface area (Å²) in [4.78, 5) is 24.5. The Labute approximate surface area is 381 Å². The van der Waals surface area contributed by atoms with E-state index in [1.807, 2.05) is 77.0 Å². The Kier molecular flexibility index (Phi) is 12.5. The average molecular weight is 978 g/mol. The molecule has 4 saturated carbocycles. The molecule has 4 bridgehead atoms. The number of amidine groups is 2. The zero-order valence-corrected chi connectivity index (χ0v) is 39.5. The van der Waals surface area contributed by atoms with Crippen molar-refractivity contribution in [2.45, 2.75) is 97.6 Å². The second-order valence-electron chi connectivity index (χ2n) is 19.2. The summed E-state index contributed by atoms with van der Waals surface area (Å²) in [6, 6.07) is 7.87. The third kappa shape index (κ3) is 9.26. The number of dihydropyridines is 1. The molecule has 0 amide bonds. The molecule has 14 nitrogen and oxygen atoms in total. The number of benzene rings is 1. The topological polar surface area (TPSA) is 187 Å². The van der Waals surface area contributed by atoms with Gasteiger partial charge in [0.2, 0.25) is 5.13 Å². The normalized spacial score (nSPS) is 28.1. The number of ether oxygens (including phenoxy) is 2. The van der Waals surface area contributed by atoms with Gasteiger partial charge in [0.1, 0.15) is 23.2 Å². The number of halogens is 1. The van der Waals surface area contributed by atoms with Gasteiger partial charge in [0.25, 0.3) is 5.95 Å². The van der Waals surface area contributed by atoms with Crippen molar-refractivity contribution in [3.63, 3.8) is 0 Å². The summed E-state index contributed by atoms with van der Waals surface area (Å²) >= 11 is 3.28. The number of aliphatic imine (C=N–C) groups is 1. The second kappa shape index (κ2) is 17.5. The minimum absolute atomic E-state index is 0.0205. The van der Waals surface area contributed by atoms with Gasteiger partial charge in [0.15, 0.2) is 3.79 Å². The molecule has 9 rings (SSSR count). The van der Waals surface area contributed by atoms with Crippen LogP contribution in [0.2, 0.25) is 0 Å². The molecule has 16 heteroatoms. The first-order valence-corrected chi connectivity index (χ1v) is 23.6. The fourth-order valence-electron chi connectivity index (χ4n) is 12.0. The molecule has 4 aliphatic carbocycles. The van der Waals surface area contributed by atoms with E-state index in [1.165, 1.54) is 17.8 Å². The number of nitrogens with one attached hydrogen (secondary N) is 2. The third-order valence-electron chi connectivity index (χ3n) is 13.6. The molecule has 62 heavy (non-hydrogen) atoms. The Morgan fingerprint density at radius 2 is 1.82 bits per heavy atom. The van der Waals surface area contributed by atoms with E-state index in [0.29, 0.717) is 61.6 Å². The first-order chi connectivity index (χ1) is 29.5. The lowest BCUT2D eigenvalue weighted by Gasteiger charge is -2.69. The Balaban J connectivity index is 0.973. The SMILES string of the molecule is CC(/C(N)=N/c1nc2ccccc2s1)=C1\CCCN(C2=CC=C(c3cnn(CC45CC6(C)CC(C)(C4)CC(OCCN(C)CCOCCC(=O)I)(C6)C5)c3C)C(=C(O)O)N2)C1=N. The van der Waals surface area contributed by atoms with E-state index in [1.54, 1.807) is 0 Å². The molecule has 2 unspecified atom stereocenters. The van der Waals surface area contributed by atoms with Crippen molar-refractivity contribution in [2.24, 2.45) is 27.0 Å². The smallest absolute Gasteiger partial charge is 0.299 e. The van der Waals surface area contributed by atoms with E-state index >= 15 is 0 Å². The monoisotopic (exact) mass is 977 g/mol. The summed E-state index contributed by atoms with van der Waals surface area (Å²) < 4.78 is 15.9. The van der Waals surface area contributed by atoms with Crippen LogP contribution in [-0.2, 0) is 20.8 Å². The van der Waals surface area contributed by atoms with Crippen molar-refractivity contribution < 1.29 is 24.5 Å². The van der Waals surface area contributed by atoms with Crippen LogP contribution >= 0.6 is 33.9 Å². The standard InChI is InChI=1S/C46H60IN9O5S/c1-29(39(48)53-42-51-34-10-6-7-11-35(34)62-42)31-9-8-15-55(40(31)49)37-13-12-32(38(52-37)41(58)59)33-21-50-56(30(33)2)28-45-23-43(3)22-44(4,24-45)26-46(25-43,27-45)61-20-17-54(5)16-19-60-18-14-36(47)57/h6-7,10-13,21,49,52,58-59H,8-9,14-20,22-28H2,1-5H3,(H2,48,51,53)/b31-29-,49-40?. The number of carbonyl (C=O) groups excluding carboxylic acids is 1. The van der Waals surface area contributed by atoms with Crippen LogP contribution in [0.1, 0.15) is 89.8 Å². The van der Waals surface area contributed by atoms with Crippen LogP contribution in [0.3, 0.4) is 0 Å². The number of likely N-dealkylation sites (tertiary alicyclic amines) is 1. The highest BCUT2D eigenvalue weighted by molar-refractivity contribution is 14.1. The number of rotatable bonds is 16. The minimum Gasteiger partial charge on any atom is -0.480 e. The lowest BCUT2D eigenvalue weighted by atomic mass is 9.39. The molecule has 332 valence electrons. The number of fused-ring (bicyclic) bond motifs is 1. The molecule has 3 aromatic rings. The summed E-state index contributed by atoms with van der Waals surface area (Å²) in [5.74, 6) is 0.341. The Hall–Kier alpha value is -4.10. The Bertz CT molecular complexity index is 2360. The van der Waals surface area contributed by atoms with E-state index in [9.17, 15) is 20.4 Å². The molecule has 4 heterocycles. The van der Waals surface area contributed by atoms with Crippen LogP contribution in [0.25, 0.3) is 15.8 Å². The maximum atomic E-state index is 11.2. The van der Waals surface area contributed by atoms with E-state index in [0.717, 1.165) is 90.8 Å². The molecule has 6 N–H and O–H groups in total. The minimum atomic E-state index is -0.830. The zero-order valence-electron chi connectivity index (χ0n) is 36.5. The molecule has 1 aromatic carbocycles. The van der Waals surface area contributed by atoms with Gasteiger partial charge >= 0.3 is 0 Å². The Morgan fingerprint density at radius 1 is 1.08 bits per heavy atom. The van der Waals surface area contributed by atoms with Gasteiger partial charge in [-0.3, -0.25) is 14.9 Å². The van der Waals surface area contributed by atoms with Gasteiger partial charge in [-0.25, -0.2) is 9.98 Å². The van der Waals surface area contributed by atoms with E-state index in [2.05, 4.69) is 52.7 Å². The lowest BCUT2D eigenvalue weighted by molar-refractivity contribution is -0.248. The number of nitrogens with zero attached hydrogens (tertiary/aromatic N) is 6. The molecular weight excluding hydrogens is 918 g/mol. The second-order valence-corrected chi connectivity index (χ2v) is 21.4. The van der Waals surface area contributed by atoms with Gasteiger partial charge in [0.05, 0.1) is 41.8 Å². The maximum Gasteiger partial charge on any atom is 0.299 e. The number of aromatic nitrogens is 3. The predicted molar refractivity (Wildman–Crippen MR) is 253 cm³/mol. The van der Waals surface area contributed by atoms with E-state index in [-0.39, 0.29) is 37.2 Å². The number of para-hydroxylation sites is 1. The number of aliphatic hydroxyl groups excluding tert-OH is 1. The summed E-state index contributed by atoms with van der Waals surface area (Å²) in [7, 11) is 2.09. The molecule has 2 aliphatic heterocycles. The molecule has 2 aromatic heterocycles. The number of thiazole rings is 1. The predicted octanol–water partition coefficient (Wildman–Crippen LogP) is 8.43. The largest absolute Gasteiger partial charge is 0.480 e. The highest BCUT2D eigenvalue weighted by Crippen LogP contribution is 2.72. The van der Waals surface area contributed by atoms with E-state index in [4.69, 9.17) is 20.3 Å². The van der Waals surface area contributed by atoms with Gasteiger partial charge in [0, 0.05) is 55.0 Å². The first kappa shape index (κ1) is 44.5. The average Bonchev–Trinajstić information content (AvgIpc) is 3.77. The molecule has 0 radical (unpaired) electrons. The highest BCUT2D eigenvalue weighted by atomic mass is 127. The fraction of sp³-hybridized carbons (Fsp3) is 0.543. The van der Waals surface area contributed by atoms with Gasteiger partial charge < -0.3 is 40.5 Å². The molecule has 6 aliphatic rings. The van der Waals surface area contributed by atoms with Gasteiger partial charge in [-0.2, -0.15) is 5.10 Å². The van der Waals surface area contributed by atoms with Crippen molar-refractivity contribution in [1.29, 1.82) is 5.41 Å². The fourth-order valence-corrected chi connectivity index (χ4v) is 13.1. The van der Waals surface area contributed by atoms with Gasteiger partial charge in [-0.1, -0.05) is 37.3 Å². The van der Waals surface area contributed by atoms with Crippen LogP contribution in [0, 0.1) is 28.6 Å². The third-order valence-corrected chi connectivity index (χ3v) is 15.1. The van der Waals surface area contributed by atoms with Crippen molar-refractivity contribution in [1.82, 2.24) is 29.9 Å². The summed E-state index contributed by atoms with van der Waals surface area (Å²) in [6.45, 7) is 13.5. The summed E-state index contributed by atoms with van der Waals surface area (Å²) in [5.41, 5.74) is 11.7. The number of hydrogen-bond donors (Lipinski definition) is 5. The summed E-state index contributed by atoms with van der Waals surface area (Å²) in [5, 5.41) is 39.5. The van der Waals surface area contributed by atoms with Crippen molar-refractivity contribution in [2.75, 3.05) is 46.5 Å². The number of nitrogens with two attached hydrogens (primary N) is 1. The molecule has 2 atom stereocenters. The summed E-state index contributed by atoms with van der Waals surface area (Å²) in [6.07, 6.45) is 14.1. The lowest BCUT2D eigenvalue weighted by Crippen LogP contribution is -2.64. The van der Waals surface area contributed by atoms with Crippen molar-refractivity contribution in [3.05, 3.63) is 82.5 Å². The van der Waals surface area contributed by atoms with E-state index < -0.39 is 5.95 Å². The number of carbonyl (C=O) groups is 1. The zero-order chi connectivity index (χ0) is 44.0. The molecular formula is C46H60IN9O5S. The number of likely N-dealkylation sites (N-methyl/N-ethyl adjacent to an activating group) is 1. The van der Waals surface area contributed by atoms with Gasteiger partial charge in [-0.05, 0) is 141 Å². The molecule has 5 fully saturated rings. The number of piperidine rings is 1. The van der Waals surface area contributed by atoms with Crippen LogP contribution in [0.15, 0.2) is 76.2 Å². The van der Waals surface area contributed by atoms with Gasteiger partial charge in [-0.15, -0.1) is 0 Å². The maximum absolute atomic E-state index is 11.2. The number of allylic oxidation sites excluding steroid dienone is 3. The van der Waals surface area contributed by atoms with Crippen molar-refractivity contribution >= 4 is 70.3 Å². The van der Waals surface area contributed by atoms with Crippen LogP contribution < -0.4 is 11.1 Å². The molecule has 1 saturated heterocycles. The van der Waals surface area contributed by atoms with Crippen LogP contribution in [-0.4, -0.2) is 102 Å². The first-order valence-electron chi connectivity index (χ1n) is 21.7. The highest BCUT2D eigenvalue weighted by Gasteiger charge is 2.66. The van der Waals surface area contributed by atoms with Crippen LogP contribution in [0.4, 0.5) is 5.13 Å². The van der Waals surface area contributed by atoms with Crippen molar-refractivity contribution in [3.8, 4) is 0 Å². The Morgan fingerprint density at radius 3 is 2.55 bits per heavy atom. The number of aliphatic hydroxyl groups is 2. The number of hydrogen-bond acceptors (Lipinski definition) is 12. The molecule has 0 spiro atoms. The quantitative estimate of drug-likeness (QED) is 0.0232. The van der Waals surface area contributed by atoms with Crippen LogP contribution in [0.5, 0.6) is 0 Å².